The summed E-state index contributed by atoms with van der Waals surface area (Å²) in [7, 11) is -3.43. The number of benzene rings is 2. The molecule has 0 saturated heterocycles. The molecule has 0 atom stereocenters. The smallest absolute Gasteiger partial charge is 0.232 e. The quantitative estimate of drug-likeness (QED) is 0.535. The summed E-state index contributed by atoms with van der Waals surface area (Å²) in [6.07, 6.45) is 5.54. The van der Waals surface area contributed by atoms with Crippen LogP contribution in [0.4, 0.5) is 5.69 Å². The van der Waals surface area contributed by atoms with Crippen molar-refractivity contribution in [3.8, 4) is 5.69 Å². The number of anilines is 1. The second-order valence-electron chi connectivity index (χ2n) is 7.99. The Bertz CT molecular complexity index is 1180. The van der Waals surface area contributed by atoms with Gasteiger partial charge in [-0.3, -0.25) is 9.10 Å². The predicted molar refractivity (Wildman–Crippen MR) is 127 cm³/mol. The summed E-state index contributed by atoms with van der Waals surface area (Å²) in [5, 5.41) is 2.91. The lowest BCUT2D eigenvalue weighted by Gasteiger charge is -2.23. The zero-order valence-electron chi connectivity index (χ0n) is 19.0. The molecule has 0 spiro atoms. The van der Waals surface area contributed by atoms with E-state index in [2.05, 4.69) is 10.3 Å². The fourth-order valence-corrected chi connectivity index (χ4v) is 4.42. The maximum absolute atomic E-state index is 12.3. The molecule has 0 aliphatic rings. The van der Waals surface area contributed by atoms with Crippen molar-refractivity contribution >= 4 is 21.6 Å². The average molecular weight is 455 g/mol. The van der Waals surface area contributed by atoms with Crippen molar-refractivity contribution in [2.24, 2.45) is 0 Å². The molecule has 3 aromatic rings. The molecule has 32 heavy (non-hydrogen) atoms. The van der Waals surface area contributed by atoms with Gasteiger partial charge in [-0.25, -0.2) is 13.4 Å². The molecule has 170 valence electrons. The highest BCUT2D eigenvalue weighted by Crippen LogP contribution is 2.21. The van der Waals surface area contributed by atoms with E-state index < -0.39 is 10.0 Å². The largest absolute Gasteiger partial charge is 0.352 e. The van der Waals surface area contributed by atoms with Crippen molar-refractivity contribution in [3.63, 3.8) is 0 Å². The maximum Gasteiger partial charge on any atom is 0.232 e. The molecule has 0 unspecified atom stereocenters. The Hall–Kier alpha value is -3.13. The Kier molecular flexibility index (Phi) is 7.35. The molecule has 8 heteroatoms. The number of sulfonamides is 1. The van der Waals surface area contributed by atoms with Crippen LogP contribution >= 0.6 is 0 Å². The monoisotopic (exact) mass is 454 g/mol. The van der Waals surface area contributed by atoms with Gasteiger partial charge in [-0.2, -0.15) is 0 Å². The highest BCUT2D eigenvalue weighted by molar-refractivity contribution is 7.92. The van der Waals surface area contributed by atoms with Gasteiger partial charge in [-0.15, -0.1) is 0 Å². The average Bonchev–Trinajstić information content (AvgIpc) is 3.17. The van der Waals surface area contributed by atoms with Gasteiger partial charge >= 0.3 is 0 Å². The third-order valence-electron chi connectivity index (χ3n) is 5.47. The molecule has 0 aliphatic carbocycles. The number of carbonyl (C=O) groups excluding carboxylic acids is 1. The number of aryl methyl sites for hydroxylation is 3. The zero-order valence-corrected chi connectivity index (χ0v) is 19.8. The maximum atomic E-state index is 12.3. The molecule has 3 rings (SSSR count). The number of hydrogen-bond acceptors (Lipinski definition) is 4. The van der Waals surface area contributed by atoms with Gasteiger partial charge in [0.2, 0.25) is 15.9 Å². The molecule has 7 nitrogen and oxygen atoms in total. The fourth-order valence-electron chi connectivity index (χ4n) is 3.46. The van der Waals surface area contributed by atoms with E-state index in [4.69, 9.17) is 0 Å². The van der Waals surface area contributed by atoms with Crippen LogP contribution in [0.25, 0.3) is 5.69 Å². The summed E-state index contributed by atoms with van der Waals surface area (Å²) >= 11 is 0. The molecule has 1 aromatic heterocycles. The standard InChI is InChI=1S/C24H30N4O3S/c1-18-7-10-23(16-19(18)2)28(32(4,30)31)14-5-6-24(29)26-17-21-8-11-22(12-9-21)27-15-13-25-20(27)3/h7-13,15-16H,5-6,14,17H2,1-4H3,(H,26,29). The van der Waals surface area contributed by atoms with Gasteiger partial charge in [-0.05, 0) is 68.1 Å². The normalized spacial score (nSPS) is 11.4. The van der Waals surface area contributed by atoms with E-state index in [0.717, 1.165) is 28.2 Å². The van der Waals surface area contributed by atoms with Crippen molar-refractivity contribution in [2.75, 3.05) is 17.1 Å². The van der Waals surface area contributed by atoms with Crippen LogP contribution in [0.5, 0.6) is 0 Å². The molecule has 1 N–H and O–H groups in total. The zero-order chi connectivity index (χ0) is 23.3. The fraction of sp³-hybridized carbons (Fsp3) is 0.333. The van der Waals surface area contributed by atoms with E-state index in [9.17, 15) is 13.2 Å². The van der Waals surface area contributed by atoms with Crippen LogP contribution in [0.1, 0.15) is 35.4 Å². The highest BCUT2D eigenvalue weighted by Gasteiger charge is 2.18. The van der Waals surface area contributed by atoms with E-state index in [0.29, 0.717) is 18.7 Å². The van der Waals surface area contributed by atoms with Gasteiger partial charge in [0.1, 0.15) is 5.82 Å². The Morgan fingerprint density at radius 3 is 2.38 bits per heavy atom. The number of rotatable bonds is 9. The topological polar surface area (TPSA) is 84.3 Å². The first-order valence-electron chi connectivity index (χ1n) is 10.6. The molecule has 0 bridgehead atoms. The third kappa shape index (κ3) is 5.97. The van der Waals surface area contributed by atoms with Gasteiger partial charge in [0.25, 0.3) is 0 Å². The minimum atomic E-state index is -3.43. The summed E-state index contributed by atoms with van der Waals surface area (Å²) in [4.78, 5) is 16.5. The molecular formula is C24H30N4O3S. The number of nitrogens with zero attached hydrogens (tertiary/aromatic N) is 3. The molecule has 0 fully saturated rings. The first-order valence-corrected chi connectivity index (χ1v) is 12.4. The minimum absolute atomic E-state index is 0.104. The van der Waals surface area contributed by atoms with Gasteiger partial charge in [0.15, 0.2) is 0 Å². The van der Waals surface area contributed by atoms with Gasteiger partial charge in [0.05, 0.1) is 11.9 Å². The van der Waals surface area contributed by atoms with Crippen molar-refractivity contribution in [2.45, 2.75) is 40.2 Å². The van der Waals surface area contributed by atoms with Gasteiger partial charge in [-0.1, -0.05) is 18.2 Å². The Labute approximate surface area is 190 Å². The van der Waals surface area contributed by atoms with Crippen molar-refractivity contribution in [3.05, 3.63) is 77.4 Å². The number of imidazole rings is 1. The molecule has 2 aromatic carbocycles. The van der Waals surface area contributed by atoms with Crippen LogP contribution in [-0.2, 0) is 21.4 Å². The lowest BCUT2D eigenvalue weighted by atomic mass is 10.1. The van der Waals surface area contributed by atoms with E-state index in [1.807, 2.05) is 67.9 Å². The number of hydrogen-bond donors (Lipinski definition) is 1. The van der Waals surface area contributed by atoms with Gasteiger partial charge < -0.3 is 9.88 Å². The van der Waals surface area contributed by atoms with E-state index in [-0.39, 0.29) is 18.9 Å². The van der Waals surface area contributed by atoms with Crippen LogP contribution in [0.3, 0.4) is 0 Å². The van der Waals surface area contributed by atoms with Crippen LogP contribution in [0.15, 0.2) is 54.9 Å². The second-order valence-corrected chi connectivity index (χ2v) is 9.90. The number of amides is 1. The SMILES string of the molecule is Cc1ccc(N(CCCC(=O)NCc2ccc(-n3ccnc3C)cc2)S(C)(=O)=O)cc1C. The summed E-state index contributed by atoms with van der Waals surface area (Å²) < 4.78 is 27.9. The first kappa shape index (κ1) is 23.5. The highest BCUT2D eigenvalue weighted by atomic mass is 32.2. The summed E-state index contributed by atoms with van der Waals surface area (Å²) in [6, 6.07) is 13.5. The lowest BCUT2D eigenvalue weighted by molar-refractivity contribution is -0.121. The molecule has 1 heterocycles. The summed E-state index contributed by atoms with van der Waals surface area (Å²) in [5.41, 5.74) is 4.78. The molecule has 0 aliphatic heterocycles. The van der Waals surface area contributed by atoms with Crippen LogP contribution in [-0.4, -0.2) is 36.7 Å². The second kappa shape index (κ2) is 9.99. The number of carbonyl (C=O) groups is 1. The van der Waals surface area contributed by atoms with E-state index >= 15 is 0 Å². The first-order chi connectivity index (χ1) is 15.1. The van der Waals surface area contributed by atoms with Crippen molar-refractivity contribution in [1.29, 1.82) is 0 Å². The lowest BCUT2D eigenvalue weighted by Crippen LogP contribution is -2.32. The predicted octanol–water partition coefficient (Wildman–Crippen LogP) is 3.66. The van der Waals surface area contributed by atoms with Crippen molar-refractivity contribution in [1.82, 2.24) is 14.9 Å². The van der Waals surface area contributed by atoms with Gasteiger partial charge in [0, 0.05) is 37.6 Å². The number of nitrogens with one attached hydrogen (secondary N) is 1. The van der Waals surface area contributed by atoms with E-state index in [1.165, 1.54) is 10.6 Å². The van der Waals surface area contributed by atoms with E-state index in [1.54, 1.807) is 12.3 Å². The molecular weight excluding hydrogens is 424 g/mol. The Morgan fingerprint density at radius 1 is 1.06 bits per heavy atom. The molecule has 0 saturated carbocycles. The van der Waals surface area contributed by atoms with Crippen LogP contribution in [0.2, 0.25) is 0 Å². The Morgan fingerprint density at radius 2 is 1.78 bits per heavy atom. The van der Waals surface area contributed by atoms with Crippen LogP contribution < -0.4 is 9.62 Å². The molecule has 1 amide bonds. The summed E-state index contributed by atoms with van der Waals surface area (Å²) in [5.74, 6) is 0.808. The molecule has 0 radical (unpaired) electrons. The van der Waals surface area contributed by atoms with Crippen molar-refractivity contribution < 1.29 is 13.2 Å². The minimum Gasteiger partial charge on any atom is -0.352 e. The number of aromatic nitrogens is 2. The summed E-state index contributed by atoms with van der Waals surface area (Å²) in [6.45, 7) is 6.57. The van der Waals surface area contributed by atoms with Crippen LogP contribution in [0, 0.1) is 20.8 Å². The third-order valence-corrected chi connectivity index (χ3v) is 6.67. The Balaban J connectivity index is 1.51.